The normalized spacial score (nSPS) is 15.7. The number of benzene rings is 1. The molecule has 0 unspecified atom stereocenters. The molecule has 1 aromatic carbocycles. The summed E-state index contributed by atoms with van der Waals surface area (Å²) in [5.74, 6) is 1.08. The first-order valence-corrected chi connectivity index (χ1v) is 7.79. The molecule has 1 aliphatic rings. The Hall–Kier alpha value is -2.41. The molecular weight excluding hydrogens is 314 g/mol. The van der Waals surface area contributed by atoms with Crippen molar-refractivity contribution < 1.29 is 13.5 Å². The third-order valence-corrected chi connectivity index (χ3v) is 4.00. The number of nitrogens with one attached hydrogen (secondary N) is 1. The molecule has 0 saturated carbocycles. The molecule has 2 heterocycles. The van der Waals surface area contributed by atoms with Crippen LogP contribution in [-0.2, 0) is 6.54 Å². The van der Waals surface area contributed by atoms with Crippen molar-refractivity contribution in [2.24, 2.45) is 0 Å². The molecule has 0 atom stereocenters. The quantitative estimate of drug-likeness (QED) is 0.837. The Morgan fingerprint density at radius 3 is 2.33 bits per heavy atom. The number of hydrogen-bond donors (Lipinski definition) is 0. The molecule has 24 heavy (non-hydrogen) atoms. The highest BCUT2D eigenvalue weighted by atomic mass is 19.3. The van der Waals surface area contributed by atoms with Crippen molar-refractivity contribution >= 4 is 11.5 Å². The fourth-order valence-corrected chi connectivity index (χ4v) is 2.74. The Morgan fingerprint density at radius 2 is 1.75 bits per heavy atom. The van der Waals surface area contributed by atoms with Gasteiger partial charge in [0, 0.05) is 38.9 Å². The largest absolute Gasteiger partial charge is 0.697 e. The number of anilines is 1. The minimum absolute atomic E-state index is 0.183. The van der Waals surface area contributed by atoms with Crippen molar-refractivity contribution in [2.75, 3.05) is 31.1 Å². The molecule has 1 saturated heterocycles. The Morgan fingerprint density at radius 1 is 1.04 bits per heavy atom. The topological polar surface area (TPSA) is 52.4 Å². The summed E-state index contributed by atoms with van der Waals surface area (Å²) >= 11 is 0. The van der Waals surface area contributed by atoms with E-state index in [-0.39, 0.29) is 5.75 Å². The van der Waals surface area contributed by atoms with Gasteiger partial charge in [-0.25, -0.2) is 4.98 Å². The van der Waals surface area contributed by atoms with Crippen LogP contribution in [0.4, 0.5) is 20.3 Å². The van der Waals surface area contributed by atoms with Crippen LogP contribution < -0.4 is 9.64 Å². The summed E-state index contributed by atoms with van der Waals surface area (Å²) in [4.78, 5) is 8.81. The molecule has 0 aliphatic carbocycles. The summed E-state index contributed by atoms with van der Waals surface area (Å²) in [7, 11) is 0. The van der Waals surface area contributed by atoms with Gasteiger partial charge in [0.05, 0.1) is 0 Å². The summed E-state index contributed by atoms with van der Waals surface area (Å²) in [6.45, 7) is 1.54. The van der Waals surface area contributed by atoms with Gasteiger partial charge in [0.2, 0.25) is 0 Å². The van der Waals surface area contributed by atoms with E-state index in [0.717, 1.165) is 44.1 Å². The van der Waals surface area contributed by atoms with Gasteiger partial charge in [-0.2, -0.15) is 8.78 Å². The van der Waals surface area contributed by atoms with Crippen molar-refractivity contribution in [3.8, 4) is 5.75 Å². The number of alkyl halides is 2. The third kappa shape index (κ3) is 4.32. The summed E-state index contributed by atoms with van der Waals surface area (Å²) in [5.41, 5.74) is 8.96. The van der Waals surface area contributed by atoms with Gasteiger partial charge in [0.15, 0.2) is 0 Å². The fraction of sp³-hybridized carbons (Fsp3) is 0.353. The molecule has 1 fully saturated rings. The van der Waals surface area contributed by atoms with Crippen LogP contribution in [0.15, 0.2) is 42.6 Å². The van der Waals surface area contributed by atoms with Crippen LogP contribution in [0.3, 0.4) is 0 Å². The number of nitrogens with zero attached hydrogens (tertiary/aromatic N) is 3. The smallest absolute Gasteiger partial charge is 0.387 e. The van der Waals surface area contributed by atoms with Gasteiger partial charge < -0.3 is 15.4 Å². The molecule has 0 spiro atoms. The second-order valence-electron chi connectivity index (χ2n) is 5.69. The van der Waals surface area contributed by atoms with E-state index in [1.807, 2.05) is 18.2 Å². The molecule has 3 rings (SSSR count). The lowest BCUT2D eigenvalue weighted by atomic mass is 10.2. The zero-order chi connectivity index (χ0) is 16.9. The van der Waals surface area contributed by atoms with Crippen molar-refractivity contribution in [1.82, 2.24) is 9.88 Å². The van der Waals surface area contributed by atoms with Crippen LogP contribution in [0.2, 0.25) is 0 Å². The molecule has 5 nitrogen and oxygen atoms in total. The molecule has 0 bridgehead atoms. The predicted molar refractivity (Wildman–Crippen MR) is 88.8 cm³/mol. The van der Waals surface area contributed by atoms with Crippen molar-refractivity contribution in [3.63, 3.8) is 0 Å². The number of piperazine rings is 1. The van der Waals surface area contributed by atoms with Crippen LogP contribution in [0, 0.1) is 0 Å². The molecule has 1 aromatic heterocycles. The standard InChI is InChI=1S/C17H19F2N4O/c18-17(19)24-15-4-1-13(2-5-15)12-22-7-9-23(10-8-22)16-6-3-14(20)11-21-16/h1-6,11,17,20H,7-10,12H2/q-1. The van der Waals surface area contributed by atoms with Gasteiger partial charge in [-0.05, 0) is 23.8 Å². The number of pyridine rings is 1. The minimum atomic E-state index is -2.79. The van der Waals surface area contributed by atoms with E-state index in [2.05, 4.69) is 19.5 Å². The van der Waals surface area contributed by atoms with Crippen molar-refractivity contribution in [1.29, 1.82) is 0 Å². The van der Waals surface area contributed by atoms with Gasteiger partial charge in [-0.1, -0.05) is 18.2 Å². The number of halogens is 2. The molecule has 1 aliphatic heterocycles. The van der Waals surface area contributed by atoms with E-state index in [1.54, 1.807) is 24.4 Å². The Bertz CT molecular complexity index is 641. The Balaban J connectivity index is 1.51. The Kier molecular flexibility index (Phi) is 5.10. The second kappa shape index (κ2) is 7.44. The highest BCUT2D eigenvalue weighted by Crippen LogP contribution is 2.19. The Labute approximate surface area is 139 Å². The van der Waals surface area contributed by atoms with E-state index in [1.165, 1.54) is 0 Å². The lowest BCUT2D eigenvalue weighted by Crippen LogP contribution is -2.46. The van der Waals surface area contributed by atoms with Crippen LogP contribution in [-0.4, -0.2) is 42.7 Å². The average molecular weight is 333 g/mol. The maximum Gasteiger partial charge on any atom is 0.387 e. The molecule has 1 N–H and O–H groups in total. The van der Waals surface area contributed by atoms with E-state index in [9.17, 15) is 8.78 Å². The summed E-state index contributed by atoms with van der Waals surface area (Å²) in [6, 6.07) is 10.4. The highest BCUT2D eigenvalue weighted by molar-refractivity contribution is 5.48. The monoisotopic (exact) mass is 333 g/mol. The van der Waals surface area contributed by atoms with Gasteiger partial charge in [-0.15, -0.1) is 5.69 Å². The van der Waals surface area contributed by atoms with Gasteiger partial charge >= 0.3 is 6.61 Å². The lowest BCUT2D eigenvalue weighted by Gasteiger charge is -2.35. The van der Waals surface area contributed by atoms with Crippen molar-refractivity contribution in [2.45, 2.75) is 13.2 Å². The molecule has 0 radical (unpaired) electrons. The molecular formula is C17H19F2N4O-. The van der Waals surface area contributed by atoms with Crippen LogP contribution in [0.1, 0.15) is 5.56 Å². The third-order valence-electron chi connectivity index (χ3n) is 4.00. The summed E-state index contributed by atoms with van der Waals surface area (Å²) in [6.07, 6.45) is 1.56. The minimum Gasteiger partial charge on any atom is -0.697 e. The van der Waals surface area contributed by atoms with Crippen LogP contribution in [0.5, 0.6) is 5.75 Å². The first kappa shape index (κ1) is 16.4. The molecule has 2 aromatic rings. The van der Waals surface area contributed by atoms with Crippen LogP contribution >= 0.6 is 0 Å². The lowest BCUT2D eigenvalue weighted by molar-refractivity contribution is -0.0498. The first-order valence-electron chi connectivity index (χ1n) is 7.79. The molecule has 0 amide bonds. The number of aromatic nitrogens is 1. The van der Waals surface area contributed by atoms with Crippen molar-refractivity contribution in [3.05, 3.63) is 53.9 Å². The summed E-state index contributed by atoms with van der Waals surface area (Å²) in [5, 5.41) is 0. The molecule has 7 heteroatoms. The van der Waals surface area contributed by atoms with E-state index >= 15 is 0 Å². The maximum absolute atomic E-state index is 12.1. The fourth-order valence-electron chi connectivity index (χ4n) is 2.74. The van der Waals surface area contributed by atoms with E-state index in [0.29, 0.717) is 5.69 Å². The average Bonchev–Trinajstić information content (AvgIpc) is 2.58. The first-order chi connectivity index (χ1) is 11.6. The van der Waals surface area contributed by atoms with Crippen LogP contribution in [0.25, 0.3) is 5.73 Å². The van der Waals surface area contributed by atoms with Gasteiger partial charge in [0.25, 0.3) is 0 Å². The predicted octanol–water partition coefficient (Wildman–Crippen LogP) is 3.69. The van der Waals surface area contributed by atoms with Gasteiger partial charge in [-0.3, -0.25) is 4.90 Å². The maximum atomic E-state index is 12.1. The van der Waals surface area contributed by atoms with E-state index < -0.39 is 6.61 Å². The number of rotatable bonds is 5. The second-order valence-corrected chi connectivity index (χ2v) is 5.69. The van der Waals surface area contributed by atoms with Gasteiger partial charge in [0.1, 0.15) is 11.6 Å². The summed E-state index contributed by atoms with van der Waals surface area (Å²) < 4.78 is 28.6. The number of ether oxygens (including phenoxy) is 1. The molecule has 128 valence electrons. The zero-order valence-electron chi connectivity index (χ0n) is 13.2. The highest BCUT2D eigenvalue weighted by Gasteiger charge is 2.18. The SMILES string of the molecule is [NH-]c1ccc(N2CCN(Cc3ccc(OC(F)F)cc3)CC2)nc1. The van der Waals surface area contributed by atoms with E-state index in [4.69, 9.17) is 5.73 Å². The number of hydrogen-bond acceptors (Lipinski definition) is 4. The zero-order valence-corrected chi connectivity index (χ0v) is 13.2.